The van der Waals surface area contributed by atoms with E-state index in [1.807, 2.05) is 0 Å². The van der Waals surface area contributed by atoms with Gasteiger partial charge in [-0.3, -0.25) is 0 Å². The molecule has 0 aromatic rings. The van der Waals surface area contributed by atoms with E-state index in [4.69, 9.17) is 0 Å². The Morgan fingerprint density at radius 2 is 1.47 bits per heavy atom. The molecule has 0 aromatic heterocycles. The summed E-state index contributed by atoms with van der Waals surface area (Å²) in [6, 6.07) is 0.276. The molecule has 4 bridgehead atoms. The number of hydrogen-bond acceptors (Lipinski definition) is 2. The molecule has 0 spiro atoms. The lowest BCUT2D eigenvalue weighted by Gasteiger charge is -2.54. The predicted octanol–water partition coefficient (Wildman–Crippen LogP) is 2.53. The molecule has 3 nitrogen and oxygen atoms in total. The van der Waals surface area contributed by atoms with Gasteiger partial charge in [0.15, 0.2) is 0 Å². The van der Waals surface area contributed by atoms with Crippen LogP contribution < -0.4 is 4.72 Å². The van der Waals surface area contributed by atoms with E-state index in [0.29, 0.717) is 23.5 Å². The summed E-state index contributed by atoms with van der Waals surface area (Å²) in [7, 11) is -3.04. The van der Waals surface area contributed by atoms with Gasteiger partial charge >= 0.3 is 0 Å². The highest BCUT2D eigenvalue weighted by molar-refractivity contribution is 7.89. The first kappa shape index (κ1) is 12.6. The lowest BCUT2D eigenvalue weighted by molar-refractivity contribution is -0.00563. The van der Waals surface area contributed by atoms with Crippen LogP contribution in [0.2, 0.25) is 0 Å². The molecule has 5 aliphatic rings. The van der Waals surface area contributed by atoms with Crippen molar-refractivity contribution in [3.63, 3.8) is 0 Å². The van der Waals surface area contributed by atoms with E-state index in [-0.39, 0.29) is 6.04 Å². The number of rotatable bonds is 4. The Kier molecular flexibility index (Phi) is 2.96. The van der Waals surface area contributed by atoms with Gasteiger partial charge in [0.1, 0.15) is 0 Å². The van der Waals surface area contributed by atoms with Crippen molar-refractivity contribution in [1.82, 2.24) is 4.72 Å². The van der Waals surface area contributed by atoms with Crippen LogP contribution in [0, 0.1) is 29.6 Å². The molecule has 5 fully saturated rings. The zero-order chi connectivity index (χ0) is 13.0. The van der Waals surface area contributed by atoms with E-state index >= 15 is 0 Å². The van der Waals surface area contributed by atoms with Crippen molar-refractivity contribution in [2.45, 2.75) is 57.4 Å². The first-order valence-corrected chi connectivity index (χ1v) is 9.74. The molecule has 0 saturated heterocycles. The molecule has 0 amide bonds. The van der Waals surface area contributed by atoms with Gasteiger partial charge in [0.25, 0.3) is 0 Å². The monoisotopic (exact) mass is 283 g/mol. The molecule has 0 atom stereocenters. The lowest BCUT2D eigenvalue weighted by atomic mass is 9.54. The molecule has 0 unspecified atom stereocenters. The third-order valence-electron chi connectivity index (χ3n) is 6.22. The number of sulfonamides is 1. The summed E-state index contributed by atoms with van der Waals surface area (Å²) in [5, 5.41) is 0. The second kappa shape index (κ2) is 4.45. The SMILES string of the molecule is O=S(=O)(CC1CCC1)NC1C2CC3CC(C2)CC1C3. The highest BCUT2D eigenvalue weighted by Gasteiger charge is 2.49. The van der Waals surface area contributed by atoms with Crippen LogP contribution in [0.25, 0.3) is 0 Å². The quantitative estimate of drug-likeness (QED) is 0.862. The Labute approximate surface area is 116 Å². The average Bonchev–Trinajstić information content (AvgIpc) is 2.28. The zero-order valence-electron chi connectivity index (χ0n) is 11.6. The van der Waals surface area contributed by atoms with Crippen LogP contribution in [-0.4, -0.2) is 20.2 Å². The maximum atomic E-state index is 12.3. The topological polar surface area (TPSA) is 46.2 Å². The maximum Gasteiger partial charge on any atom is 0.212 e. The fourth-order valence-electron chi connectivity index (χ4n) is 5.34. The molecule has 5 saturated carbocycles. The Morgan fingerprint density at radius 3 is 1.95 bits per heavy atom. The molecular formula is C15H25NO2S. The van der Waals surface area contributed by atoms with Crippen LogP contribution >= 0.6 is 0 Å². The van der Waals surface area contributed by atoms with Crippen LogP contribution in [-0.2, 0) is 10.0 Å². The minimum atomic E-state index is -3.04. The molecule has 0 aliphatic heterocycles. The van der Waals surface area contributed by atoms with Crippen LogP contribution in [0.15, 0.2) is 0 Å². The van der Waals surface area contributed by atoms with Crippen molar-refractivity contribution >= 4 is 10.0 Å². The Balaban J connectivity index is 1.44. The minimum absolute atomic E-state index is 0.276. The Hall–Kier alpha value is -0.0900. The molecular weight excluding hydrogens is 258 g/mol. The smallest absolute Gasteiger partial charge is 0.212 e. The van der Waals surface area contributed by atoms with Crippen LogP contribution in [0.1, 0.15) is 51.4 Å². The van der Waals surface area contributed by atoms with Crippen molar-refractivity contribution in [2.24, 2.45) is 29.6 Å². The predicted molar refractivity (Wildman–Crippen MR) is 75.1 cm³/mol. The van der Waals surface area contributed by atoms with Gasteiger partial charge in [-0.1, -0.05) is 6.42 Å². The zero-order valence-corrected chi connectivity index (χ0v) is 12.4. The van der Waals surface area contributed by atoms with E-state index in [1.165, 1.54) is 38.5 Å². The Bertz CT molecular complexity index is 427. The Morgan fingerprint density at radius 1 is 0.895 bits per heavy atom. The van der Waals surface area contributed by atoms with Gasteiger partial charge in [0.05, 0.1) is 5.75 Å². The van der Waals surface area contributed by atoms with Crippen molar-refractivity contribution in [3.8, 4) is 0 Å². The van der Waals surface area contributed by atoms with Crippen LogP contribution in [0.4, 0.5) is 0 Å². The van der Waals surface area contributed by atoms with Gasteiger partial charge in [-0.25, -0.2) is 13.1 Å². The molecule has 5 aliphatic carbocycles. The summed E-state index contributed by atoms with van der Waals surface area (Å²) in [5.74, 6) is 3.94. The largest absolute Gasteiger partial charge is 0.212 e. The van der Waals surface area contributed by atoms with Gasteiger partial charge in [-0.2, -0.15) is 0 Å². The van der Waals surface area contributed by atoms with Gasteiger partial charge in [-0.05, 0) is 74.5 Å². The molecule has 5 rings (SSSR count). The number of nitrogens with one attached hydrogen (secondary N) is 1. The van der Waals surface area contributed by atoms with Crippen molar-refractivity contribution in [3.05, 3.63) is 0 Å². The van der Waals surface area contributed by atoms with Crippen molar-refractivity contribution in [2.75, 3.05) is 5.75 Å². The fourth-order valence-corrected chi connectivity index (χ4v) is 7.19. The fraction of sp³-hybridized carbons (Fsp3) is 1.00. The normalized spacial score (nSPS) is 45.4. The van der Waals surface area contributed by atoms with Gasteiger partial charge < -0.3 is 0 Å². The summed E-state index contributed by atoms with van der Waals surface area (Å²) < 4.78 is 27.7. The number of hydrogen-bond donors (Lipinski definition) is 1. The van der Waals surface area contributed by atoms with E-state index in [1.54, 1.807) is 0 Å². The highest BCUT2D eigenvalue weighted by Crippen LogP contribution is 2.53. The van der Waals surface area contributed by atoms with Crippen molar-refractivity contribution in [1.29, 1.82) is 0 Å². The molecule has 4 heteroatoms. The van der Waals surface area contributed by atoms with Gasteiger partial charge in [-0.15, -0.1) is 0 Å². The van der Waals surface area contributed by atoms with E-state index in [0.717, 1.165) is 24.7 Å². The summed E-state index contributed by atoms with van der Waals surface area (Å²) >= 11 is 0. The molecule has 0 aromatic carbocycles. The molecule has 0 heterocycles. The third kappa shape index (κ3) is 2.35. The van der Waals surface area contributed by atoms with Crippen LogP contribution in [0.3, 0.4) is 0 Å². The maximum absolute atomic E-state index is 12.3. The lowest BCUT2D eigenvalue weighted by Crippen LogP contribution is -2.56. The van der Waals surface area contributed by atoms with Crippen LogP contribution in [0.5, 0.6) is 0 Å². The summed E-state index contributed by atoms with van der Waals surface area (Å²) in [5.41, 5.74) is 0. The first-order chi connectivity index (χ1) is 9.09. The summed E-state index contributed by atoms with van der Waals surface area (Å²) in [4.78, 5) is 0. The third-order valence-corrected chi connectivity index (χ3v) is 7.76. The molecule has 108 valence electrons. The highest BCUT2D eigenvalue weighted by atomic mass is 32.2. The molecule has 19 heavy (non-hydrogen) atoms. The second-order valence-corrected chi connectivity index (χ2v) is 9.45. The standard InChI is InChI=1S/C15H25NO2S/c17-19(18,9-10-2-1-3-10)16-15-13-5-11-4-12(7-13)8-14(15)6-11/h10-16H,1-9H2. The summed E-state index contributed by atoms with van der Waals surface area (Å²) in [6.45, 7) is 0. The van der Waals surface area contributed by atoms with E-state index < -0.39 is 10.0 Å². The second-order valence-electron chi connectivity index (χ2n) is 7.65. The minimum Gasteiger partial charge on any atom is -0.212 e. The van der Waals surface area contributed by atoms with E-state index in [2.05, 4.69) is 4.72 Å². The van der Waals surface area contributed by atoms with Gasteiger partial charge in [0.2, 0.25) is 10.0 Å². The van der Waals surface area contributed by atoms with E-state index in [9.17, 15) is 8.42 Å². The average molecular weight is 283 g/mol. The van der Waals surface area contributed by atoms with Gasteiger partial charge in [0, 0.05) is 6.04 Å². The van der Waals surface area contributed by atoms with Crippen molar-refractivity contribution < 1.29 is 8.42 Å². The first-order valence-electron chi connectivity index (χ1n) is 8.09. The summed E-state index contributed by atoms with van der Waals surface area (Å²) in [6.07, 6.45) is 10.00. The molecule has 0 radical (unpaired) electrons. The molecule has 1 N–H and O–H groups in total.